The van der Waals surface area contributed by atoms with Gasteiger partial charge in [-0.05, 0) is 33.8 Å². The van der Waals surface area contributed by atoms with Gasteiger partial charge in [0.2, 0.25) is 0 Å². The summed E-state index contributed by atoms with van der Waals surface area (Å²) in [6.45, 7) is 8.00. The van der Waals surface area contributed by atoms with Crippen LogP contribution in [0.1, 0.15) is 39.5 Å². The summed E-state index contributed by atoms with van der Waals surface area (Å²) >= 11 is 0. The van der Waals surface area contributed by atoms with Gasteiger partial charge in [0.05, 0.1) is 11.2 Å². The van der Waals surface area contributed by atoms with E-state index in [9.17, 15) is 5.11 Å². The van der Waals surface area contributed by atoms with Crippen molar-refractivity contribution in [3.8, 4) is 0 Å². The molecule has 100 valence electrons. The Labute approximate surface area is 108 Å². The van der Waals surface area contributed by atoms with Crippen LogP contribution >= 0.6 is 0 Å². The topological polar surface area (TPSA) is 63.7 Å². The predicted octanol–water partition coefficient (Wildman–Crippen LogP) is 0.951. The molecule has 1 aliphatic heterocycles. The van der Waals surface area contributed by atoms with Crippen LogP contribution in [0, 0.1) is 0 Å². The van der Waals surface area contributed by atoms with E-state index < -0.39 is 13.4 Å². The SMILES string of the molecule is COC(O)c1c[nH]c(B2OC(C)(C)C(C)(C)O2)c1. The van der Waals surface area contributed by atoms with Gasteiger partial charge in [-0.25, -0.2) is 0 Å². The summed E-state index contributed by atoms with van der Waals surface area (Å²) in [6.07, 6.45) is 0.756. The van der Waals surface area contributed by atoms with E-state index in [1.54, 1.807) is 12.3 Å². The van der Waals surface area contributed by atoms with Gasteiger partial charge >= 0.3 is 7.12 Å². The van der Waals surface area contributed by atoms with Crippen LogP contribution < -0.4 is 5.59 Å². The van der Waals surface area contributed by atoms with Crippen molar-refractivity contribution >= 4 is 12.7 Å². The zero-order valence-electron chi connectivity index (χ0n) is 11.5. The maximum atomic E-state index is 9.57. The Hall–Kier alpha value is -0.815. The smallest absolute Gasteiger partial charge is 0.398 e. The Balaban J connectivity index is 2.17. The number of methoxy groups -OCH3 is 1. The van der Waals surface area contributed by atoms with Gasteiger partial charge in [-0.15, -0.1) is 0 Å². The van der Waals surface area contributed by atoms with E-state index in [-0.39, 0.29) is 11.2 Å². The first-order valence-corrected chi connectivity index (χ1v) is 6.01. The molecule has 0 amide bonds. The summed E-state index contributed by atoms with van der Waals surface area (Å²) in [5, 5.41) is 9.57. The Morgan fingerprint density at radius 2 is 1.83 bits per heavy atom. The first-order chi connectivity index (χ1) is 8.27. The molecule has 0 radical (unpaired) electrons. The average Bonchev–Trinajstić information content (AvgIpc) is 2.82. The number of aromatic nitrogens is 1. The second-order valence-electron chi connectivity index (χ2n) is 5.56. The summed E-state index contributed by atoms with van der Waals surface area (Å²) in [5.74, 6) is 0. The Bertz CT molecular complexity index is 413. The van der Waals surface area contributed by atoms with E-state index in [1.807, 2.05) is 27.7 Å². The van der Waals surface area contributed by atoms with E-state index in [1.165, 1.54) is 7.11 Å². The third-order valence-corrected chi connectivity index (χ3v) is 3.74. The molecule has 0 aromatic carbocycles. The third kappa shape index (κ3) is 2.21. The summed E-state index contributed by atoms with van der Waals surface area (Å²) in [6, 6.07) is 1.79. The fraction of sp³-hybridized carbons (Fsp3) is 0.667. The molecule has 6 heteroatoms. The van der Waals surface area contributed by atoms with E-state index in [4.69, 9.17) is 14.0 Å². The summed E-state index contributed by atoms with van der Waals surface area (Å²) in [5.41, 5.74) is 0.688. The summed E-state index contributed by atoms with van der Waals surface area (Å²) in [4.78, 5) is 3.05. The van der Waals surface area contributed by atoms with Crippen LogP contribution in [-0.4, -0.2) is 35.5 Å². The average molecular weight is 253 g/mol. The van der Waals surface area contributed by atoms with Crippen LogP contribution in [0.4, 0.5) is 0 Å². The second-order valence-corrected chi connectivity index (χ2v) is 5.56. The summed E-state index contributed by atoms with van der Waals surface area (Å²) in [7, 11) is 0.999. The van der Waals surface area contributed by atoms with Crippen LogP contribution in [0.3, 0.4) is 0 Å². The normalized spacial score (nSPS) is 23.3. The van der Waals surface area contributed by atoms with Gasteiger partial charge in [-0.3, -0.25) is 0 Å². The Morgan fingerprint density at radius 3 is 2.33 bits per heavy atom. The standard InChI is InChI=1S/C12H20BNO4/c1-11(2)12(3,4)18-13(17-11)9-6-8(7-14-9)10(15)16-5/h6-7,10,14-15H,1-5H3. The molecule has 1 aromatic heterocycles. The van der Waals surface area contributed by atoms with Crippen LogP contribution in [0.5, 0.6) is 0 Å². The number of aromatic amines is 1. The molecule has 0 saturated carbocycles. The third-order valence-electron chi connectivity index (χ3n) is 3.74. The first-order valence-electron chi connectivity index (χ1n) is 6.01. The molecule has 0 bridgehead atoms. The molecule has 2 N–H and O–H groups in total. The fourth-order valence-electron chi connectivity index (χ4n) is 1.81. The van der Waals surface area contributed by atoms with Crippen molar-refractivity contribution in [1.82, 2.24) is 4.98 Å². The van der Waals surface area contributed by atoms with Crippen LogP contribution in [0.25, 0.3) is 0 Å². The lowest BCUT2D eigenvalue weighted by Gasteiger charge is -2.32. The van der Waals surface area contributed by atoms with Gasteiger partial charge in [0.1, 0.15) is 0 Å². The number of rotatable bonds is 3. The molecular weight excluding hydrogens is 233 g/mol. The first kappa shape index (κ1) is 13.6. The molecule has 1 unspecified atom stereocenters. The molecule has 1 fully saturated rings. The molecule has 0 aliphatic carbocycles. The van der Waals surface area contributed by atoms with Gasteiger partial charge in [-0.1, -0.05) is 0 Å². The van der Waals surface area contributed by atoms with Crippen molar-refractivity contribution in [2.24, 2.45) is 0 Å². The highest BCUT2D eigenvalue weighted by Crippen LogP contribution is 2.36. The number of hydrogen-bond donors (Lipinski definition) is 2. The maximum absolute atomic E-state index is 9.57. The molecule has 1 aromatic rings. The minimum atomic E-state index is -0.933. The Morgan fingerprint density at radius 1 is 1.28 bits per heavy atom. The minimum Gasteiger partial charge on any atom is -0.398 e. The molecular formula is C12H20BNO4. The highest BCUT2D eigenvalue weighted by Gasteiger charge is 2.52. The Kier molecular flexibility index (Phi) is 3.31. The number of ether oxygens (including phenoxy) is 1. The lowest BCUT2D eigenvalue weighted by Crippen LogP contribution is -2.41. The number of aliphatic hydroxyl groups excluding tert-OH is 1. The largest absolute Gasteiger partial charge is 0.512 e. The van der Waals surface area contributed by atoms with Crippen molar-refractivity contribution in [2.75, 3.05) is 7.11 Å². The number of nitrogens with one attached hydrogen (secondary N) is 1. The van der Waals surface area contributed by atoms with Crippen molar-refractivity contribution in [2.45, 2.75) is 45.2 Å². The molecule has 1 saturated heterocycles. The van der Waals surface area contributed by atoms with Gasteiger partial charge in [-0.2, -0.15) is 0 Å². The lowest BCUT2D eigenvalue weighted by molar-refractivity contribution is -0.0768. The highest BCUT2D eigenvalue weighted by atomic mass is 16.7. The quantitative estimate of drug-likeness (QED) is 0.622. The van der Waals surface area contributed by atoms with Gasteiger partial charge in [0.15, 0.2) is 6.29 Å². The molecule has 5 nitrogen and oxygen atoms in total. The zero-order valence-corrected chi connectivity index (χ0v) is 11.5. The van der Waals surface area contributed by atoms with E-state index in [0.29, 0.717) is 5.56 Å². The minimum absolute atomic E-state index is 0.372. The summed E-state index contributed by atoms with van der Waals surface area (Å²) < 4.78 is 16.6. The van der Waals surface area contributed by atoms with E-state index in [0.717, 1.165) is 5.59 Å². The van der Waals surface area contributed by atoms with Crippen molar-refractivity contribution in [3.05, 3.63) is 17.8 Å². The monoisotopic (exact) mass is 253 g/mol. The number of H-pyrrole nitrogens is 1. The zero-order chi connectivity index (χ0) is 13.6. The number of hydrogen-bond acceptors (Lipinski definition) is 4. The van der Waals surface area contributed by atoms with E-state index in [2.05, 4.69) is 4.98 Å². The second kappa shape index (κ2) is 4.38. The fourth-order valence-corrected chi connectivity index (χ4v) is 1.81. The van der Waals surface area contributed by atoms with Crippen molar-refractivity contribution in [1.29, 1.82) is 0 Å². The van der Waals surface area contributed by atoms with Crippen LogP contribution in [0.2, 0.25) is 0 Å². The van der Waals surface area contributed by atoms with Crippen molar-refractivity contribution < 1.29 is 19.2 Å². The van der Waals surface area contributed by atoms with Crippen molar-refractivity contribution in [3.63, 3.8) is 0 Å². The molecule has 1 atom stereocenters. The number of aliphatic hydroxyl groups is 1. The lowest BCUT2D eigenvalue weighted by atomic mass is 9.85. The highest BCUT2D eigenvalue weighted by molar-refractivity contribution is 6.61. The molecule has 2 rings (SSSR count). The molecule has 1 aliphatic rings. The molecule has 18 heavy (non-hydrogen) atoms. The van der Waals surface area contributed by atoms with Gasteiger partial charge in [0, 0.05) is 24.5 Å². The van der Waals surface area contributed by atoms with Gasteiger partial charge < -0.3 is 24.1 Å². The van der Waals surface area contributed by atoms with Gasteiger partial charge in [0.25, 0.3) is 0 Å². The molecule has 0 spiro atoms. The molecule has 2 heterocycles. The van der Waals surface area contributed by atoms with Crippen LogP contribution in [-0.2, 0) is 14.0 Å². The maximum Gasteiger partial charge on any atom is 0.512 e. The van der Waals surface area contributed by atoms with E-state index >= 15 is 0 Å². The van der Waals surface area contributed by atoms with Crippen LogP contribution in [0.15, 0.2) is 12.3 Å². The predicted molar refractivity (Wildman–Crippen MR) is 68.5 cm³/mol.